The van der Waals surface area contributed by atoms with Crippen LogP contribution in [0.2, 0.25) is 5.02 Å². The van der Waals surface area contributed by atoms with E-state index in [0.717, 1.165) is 35.5 Å². The maximum absolute atomic E-state index is 12.1. The minimum atomic E-state index is -0.393. The molecule has 3 nitrogen and oxygen atoms in total. The van der Waals surface area contributed by atoms with Gasteiger partial charge in [-0.05, 0) is 49.4 Å². The summed E-state index contributed by atoms with van der Waals surface area (Å²) >= 11 is 7.74. The lowest BCUT2D eigenvalue weighted by Crippen LogP contribution is -2.13. The highest BCUT2D eigenvalue weighted by molar-refractivity contribution is 7.09. The Labute approximate surface area is 150 Å². The van der Waals surface area contributed by atoms with E-state index in [-0.39, 0.29) is 0 Å². The van der Waals surface area contributed by atoms with Gasteiger partial charge in [0.1, 0.15) is 0 Å². The van der Waals surface area contributed by atoms with Crippen LogP contribution < -0.4 is 5.73 Å². The molecule has 0 aliphatic heterocycles. The Morgan fingerprint density at radius 2 is 1.88 bits per heavy atom. The molecule has 0 fully saturated rings. The second kappa shape index (κ2) is 6.83. The smallest absolute Gasteiger partial charge is 0.251 e. The van der Waals surface area contributed by atoms with Crippen LogP contribution in [0.3, 0.4) is 0 Å². The summed E-state index contributed by atoms with van der Waals surface area (Å²) in [5.74, 6) is -0.393. The van der Waals surface area contributed by atoms with Gasteiger partial charge in [-0.15, -0.1) is 11.3 Å². The Balaban J connectivity index is 2.06. The number of primary amides is 1. The number of aromatic nitrogens is 1. The first kappa shape index (κ1) is 16.8. The van der Waals surface area contributed by atoms with Gasteiger partial charge in [0.05, 0.1) is 5.56 Å². The van der Waals surface area contributed by atoms with Crippen LogP contribution in [0.15, 0.2) is 41.8 Å². The Hall–Kier alpha value is -2.04. The number of amides is 1. The van der Waals surface area contributed by atoms with E-state index in [9.17, 15) is 4.79 Å². The SMILES string of the molecule is Cc1c(C(N)=O)c(-c2ccc(Cl)cc2)c(C)n1CCc1cccs1. The fourth-order valence-electron chi connectivity index (χ4n) is 3.17. The number of halogens is 1. The number of aryl methyl sites for hydroxylation is 1. The lowest BCUT2D eigenvalue weighted by molar-refractivity contribution is 0.1000. The van der Waals surface area contributed by atoms with Crippen LogP contribution in [0.1, 0.15) is 26.6 Å². The van der Waals surface area contributed by atoms with E-state index in [1.54, 1.807) is 11.3 Å². The Bertz CT molecular complexity index is 864. The van der Waals surface area contributed by atoms with Crippen LogP contribution in [-0.4, -0.2) is 10.5 Å². The molecule has 0 bridgehead atoms. The van der Waals surface area contributed by atoms with Crippen LogP contribution >= 0.6 is 22.9 Å². The molecule has 3 rings (SSSR count). The van der Waals surface area contributed by atoms with Crippen LogP contribution in [0, 0.1) is 13.8 Å². The second-order valence-corrected chi connectivity index (χ2v) is 7.24. The molecule has 2 heterocycles. The van der Waals surface area contributed by atoms with Crippen LogP contribution in [0.4, 0.5) is 0 Å². The Morgan fingerprint density at radius 3 is 2.46 bits per heavy atom. The number of thiophene rings is 1. The van der Waals surface area contributed by atoms with E-state index >= 15 is 0 Å². The first-order valence-corrected chi connectivity index (χ1v) is 9.02. The van der Waals surface area contributed by atoms with E-state index in [1.165, 1.54) is 4.88 Å². The van der Waals surface area contributed by atoms with Crippen LogP contribution in [-0.2, 0) is 13.0 Å². The summed E-state index contributed by atoms with van der Waals surface area (Å²) in [5, 5.41) is 2.75. The molecule has 0 spiro atoms. The third-order valence-corrected chi connectivity index (χ3v) is 5.51. The molecule has 5 heteroatoms. The fourth-order valence-corrected chi connectivity index (χ4v) is 3.99. The third kappa shape index (κ3) is 3.12. The molecule has 0 aliphatic rings. The Morgan fingerprint density at radius 1 is 1.17 bits per heavy atom. The van der Waals surface area contributed by atoms with Gasteiger partial charge in [0.2, 0.25) is 0 Å². The van der Waals surface area contributed by atoms with E-state index in [1.807, 2.05) is 38.1 Å². The second-order valence-electron chi connectivity index (χ2n) is 5.77. The van der Waals surface area contributed by atoms with Gasteiger partial charge in [-0.3, -0.25) is 4.79 Å². The number of hydrogen-bond acceptors (Lipinski definition) is 2. The zero-order valence-electron chi connectivity index (χ0n) is 13.7. The average molecular weight is 359 g/mol. The summed E-state index contributed by atoms with van der Waals surface area (Å²) in [5.41, 5.74) is 10.1. The highest BCUT2D eigenvalue weighted by atomic mass is 35.5. The molecule has 0 radical (unpaired) electrons. The highest BCUT2D eigenvalue weighted by Crippen LogP contribution is 2.33. The number of carbonyl (C=O) groups excluding carboxylic acids is 1. The summed E-state index contributed by atoms with van der Waals surface area (Å²) < 4.78 is 2.18. The summed E-state index contributed by atoms with van der Waals surface area (Å²) in [4.78, 5) is 13.4. The molecule has 124 valence electrons. The molecule has 3 aromatic rings. The lowest BCUT2D eigenvalue weighted by Gasteiger charge is -2.09. The lowest BCUT2D eigenvalue weighted by atomic mass is 10.0. The van der Waals surface area contributed by atoms with E-state index < -0.39 is 5.91 Å². The molecule has 0 saturated carbocycles. The van der Waals surface area contributed by atoms with Crippen molar-refractivity contribution in [3.05, 3.63) is 68.6 Å². The number of nitrogens with zero attached hydrogens (tertiary/aromatic N) is 1. The van der Waals surface area contributed by atoms with Crippen molar-refractivity contribution in [1.29, 1.82) is 0 Å². The van der Waals surface area contributed by atoms with Gasteiger partial charge in [0, 0.05) is 33.4 Å². The summed E-state index contributed by atoms with van der Waals surface area (Å²) in [6, 6.07) is 11.7. The molecular formula is C19H19ClN2OS. The van der Waals surface area contributed by atoms with Crippen molar-refractivity contribution in [2.75, 3.05) is 0 Å². The maximum Gasteiger partial charge on any atom is 0.251 e. The largest absolute Gasteiger partial charge is 0.366 e. The topological polar surface area (TPSA) is 48.0 Å². The van der Waals surface area contributed by atoms with Crippen molar-refractivity contribution in [2.45, 2.75) is 26.8 Å². The summed E-state index contributed by atoms with van der Waals surface area (Å²) in [6.45, 7) is 4.82. The molecule has 0 aliphatic carbocycles. The first-order valence-electron chi connectivity index (χ1n) is 7.77. The van der Waals surface area contributed by atoms with Gasteiger partial charge >= 0.3 is 0 Å². The number of hydrogen-bond donors (Lipinski definition) is 1. The molecule has 1 amide bonds. The van der Waals surface area contributed by atoms with Gasteiger partial charge in [0.15, 0.2) is 0 Å². The van der Waals surface area contributed by atoms with Crippen molar-refractivity contribution < 1.29 is 4.79 Å². The van der Waals surface area contributed by atoms with Crippen molar-refractivity contribution >= 4 is 28.8 Å². The third-order valence-electron chi connectivity index (χ3n) is 4.32. The maximum atomic E-state index is 12.1. The summed E-state index contributed by atoms with van der Waals surface area (Å²) in [7, 11) is 0. The molecular weight excluding hydrogens is 340 g/mol. The molecule has 2 N–H and O–H groups in total. The fraction of sp³-hybridized carbons (Fsp3) is 0.211. The van der Waals surface area contributed by atoms with Crippen LogP contribution in [0.25, 0.3) is 11.1 Å². The standard InChI is InChI=1S/C19H19ClN2OS/c1-12-17(14-5-7-15(20)8-6-14)18(19(21)23)13(2)22(12)10-9-16-4-3-11-24-16/h3-8,11H,9-10H2,1-2H3,(H2,21,23). The van der Waals surface area contributed by atoms with Gasteiger partial charge in [-0.1, -0.05) is 29.8 Å². The molecule has 1 aromatic carbocycles. The van der Waals surface area contributed by atoms with Gasteiger partial charge in [-0.25, -0.2) is 0 Å². The van der Waals surface area contributed by atoms with Gasteiger partial charge in [0.25, 0.3) is 5.91 Å². The molecule has 0 unspecified atom stereocenters. The van der Waals surface area contributed by atoms with Crippen molar-refractivity contribution in [3.63, 3.8) is 0 Å². The van der Waals surface area contributed by atoms with Crippen LogP contribution in [0.5, 0.6) is 0 Å². The predicted octanol–water partition coefficient (Wildman–Crippen LogP) is 4.83. The van der Waals surface area contributed by atoms with E-state index in [0.29, 0.717) is 10.6 Å². The Kier molecular flexibility index (Phi) is 4.78. The van der Waals surface area contributed by atoms with E-state index in [4.69, 9.17) is 17.3 Å². The average Bonchev–Trinajstić information content (AvgIpc) is 3.13. The van der Waals surface area contributed by atoms with Gasteiger partial charge in [-0.2, -0.15) is 0 Å². The molecule has 2 aromatic heterocycles. The number of nitrogens with two attached hydrogens (primary N) is 1. The minimum absolute atomic E-state index is 0.393. The first-order chi connectivity index (χ1) is 11.5. The van der Waals surface area contributed by atoms with Crippen molar-refractivity contribution in [3.8, 4) is 11.1 Å². The number of benzene rings is 1. The number of rotatable bonds is 5. The van der Waals surface area contributed by atoms with E-state index in [2.05, 4.69) is 22.1 Å². The minimum Gasteiger partial charge on any atom is -0.366 e. The predicted molar refractivity (Wildman–Crippen MR) is 101 cm³/mol. The molecule has 0 atom stereocenters. The van der Waals surface area contributed by atoms with Crippen molar-refractivity contribution in [1.82, 2.24) is 4.57 Å². The highest BCUT2D eigenvalue weighted by Gasteiger charge is 2.22. The summed E-state index contributed by atoms with van der Waals surface area (Å²) in [6.07, 6.45) is 0.937. The molecule has 24 heavy (non-hydrogen) atoms. The monoisotopic (exact) mass is 358 g/mol. The zero-order chi connectivity index (χ0) is 17.3. The van der Waals surface area contributed by atoms with Gasteiger partial charge < -0.3 is 10.3 Å². The molecule has 0 saturated heterocycles. The van der Waals surface area contributed by atoms with Crippen molar-refractivity contribution in [2.24, 2.45) is 5.73 Å². The quantitative estimate of drug-likeness (QED) is 0.697. The normalized spacial score (nSPS) is 11.0. The zero-order valence-corrected chi connectivity index (χ0v) is 15.2. The number of carbonyl (C=O) groups is 1.